The van der Waals surface area contributed by atoms with E-state index >= 15 is 4.79 Å². The summed E-state index contributed by atoms with van der Waals surface area (Å²) in [5.41, 5.74) is -0.0445. The smallest absolute Gasteiger partial charge is 0.318 e. The van der Waals surface area contributed by atoms with E-state index < -0.39 is 69.1 Å². The van der Waals surface area contributed by atoms with Crippen molar-refractivity contribution in [2.45, 2.75) is 102 Å². The molecule has 4 aliphatic carbocycles. The third-order valence-corrected chi connectivity index (χ3v) is 15.9. The lowest BCUT2D eigenvalue weighted by Crippen LogP contribution is -2.65. The molecule has 3 aromatic carbocycles. The number of aliphatic hydroxyl groups excluding tert-OH is 1. The third kappa shape index (κ3) is 6.17. The number of fused-ring (bicyclic) bond motifs is 2. The van der Waals surface area contributed by atoms with Crippen LogP contribution < -0.4 is 0 Å². The summed E-state index contributed by atoms with van der Waals surface area (Å²) in [4.78, 5) is 30.1. The highest BCUT2D eigenvalue weighted by Crippen LogP contribution is 2.83. The number of aldehydes is 1. The molecule has 5 aliphatic rings. The van der Waals surface area contributed by atoms with Gasteiger partial charge in [0.25, 0.3) is 10.1 Å². The van der Waals surface area contributed by atoms with Crippen LogP contribution in [0.4, 0.5) is 0 Å². The van der Waals surface area contributed by atoms with Crippen molar-refractivity contribution in [1.29, 1.82) is 0 Å². The van der Waals surface area contributed by atoms with Crippen LogP contribution in [0, 0.1) is 52.8 Å². The number of aliphatic hydroxyl groups is 1. The van der Waals surface area contributed by atoms with Crippen molar-refractivity contribution in [3.63, 3.8) is 0 Å². The lowest BCUT2D eigenvalue weighted by molar-refractivity contribution is -0.301. The van der Waals surface area contributed by atoms with Gasteiger partial charge in [-0.2, -0.15) is 8.42 Å². The Morgan fingerprint density at radius 2 is 1.57 bits per heavy atom. The van der Waals surface area contributed by atoms with Gasteiger partial charge in [0.05, 0.1) is 23.0 Å². The second kappa shape index (κ2) is 15.4. The molecule has 1 aliphatic heterocycles. The molecule has 1 saturated heterocycles. The molecule has 0 aromatic heterocycles. The lowest BCUT2D eigenvalue weighted by atomic mass is 9.43. The van der Waals surface area contributed by atoms with Gasteiger partial charge in [0.1, 0.15) is 23.9 Å². The van der Waals surface area contributed by atoms with E-state index in [-0.39, 0.29) is 35.2 Å². The standard InChI is InChI=1S/C47H56O10S/c1-28(2)38-23-34-24-45(26-48)37-22-19-30(4)36(37)25-46(34,47(38,45)44(50)56-41(32-13-9-7-10-14-32)33-15-11-8-12-16-33)27-54-43-42(39(49)40(53-6)31(5)55-43)57-58(51,52)35-20-17-29(3)18-21-35/h7-18,20-21,23,26,28,30-31,34,36-37,39-43,49H,19,22,24-25,27H2,1-6H3/t30-,31-,34+,36-,37-,39-,40-,42+,43-,45+,46+,47+/m1/s1. The fraction of sp³-hybridized carbons (Fsp3) is 0.532. The van der Waals surface area contributed by atoms with Crippen molar-refractivity contribution >= 4 is 22.4 Å². The highest BCUT2D eigenvalue weighted by molar-refractivity contribution is 7.86. The van der Waals surface area contributed by atoms with Gasteiger partial charge in [0.2, 0.25) is 0 Å². The minimum atomic E-state index is -4.41. The van der Waals surface area contributed by atoms with E-state index in [1.165, 1.54) is 19.2 Å². The number of carbonyl (C=O) groups excluding carboxylic acids is 2. The molecule has 8 rings (SSSR count). The molecule has 3 saturated carbocycles. The predicted molar refractivity (Wildman–Crippen MR) is 216 cm³/mol. The Kier molecular flexibility index (Phi) is 10.9. The number of esters is 1. The molecule has 1 N–H and O–H groups in total. The fourth-order valence-corrected chi connectivity index (χ4v) is 13.2. The normalized spacial score (nSPS) is 36.5. The molecular formula is C47H56O10S. The third-order valence-electron chi connectivity index (χ3n) is 14.6. The Bertz CT molecular complexity index is 2080. The Hall–Kier alpha value is -3.71. The van der Waals surface area contributed by atoms with E-state index in [9.17, 15) is 18.3 Å². The van der Waals surface area contributed by atoms with Crippen LogP contribution in [0.1, 0.15) is 76.2 Å². The number of carbonyl (C=O) groups is 2. The van der Waals surface area contributed by atoms with Crippen molar-refractivity contribution in [1.82, 2.24) is 0 Å². The van der Waals surface area contributed by atoms with Crippen LogP contribution >= 0.6 is 0 Å². The Labute approximate surface area is 342 Å². The summed E-state index contributed by atoms with van der Waals surface area (Å²) in [6.07, 6.45) is -0.564. The predicted octanol–water partition coefficient (Wildman–Crippen LogP) is 7.38. The number of rotatable bonds is 13. The van der Waals surface area contributed by atoms with Gasteiger partial charge >= 0.3 is 5.97 Å². The van der Waals surface area contributed by atoms with Crippen molar-refractivity contribution in [2.75, 3.05) is 13.7 Å². The number of methoxy groups -OCH3 is 1. The lowest BCUT2D eigenvalue weighted by Gasteiger charge is -2.59. The van der Waals surface area contributed by atoms with Crippen LogP contribution in [-0.4, -0.2) is 70.2 Å². The largest absolute Gasteiger partial charge is 0.452 e. The second-order valence-electron chi connectivity index (χ2n) is 17.8. The number of benzene rings is 3. The molecule has 11 heteroatoms. The SMILES string of the molecule is CO[C@H]1[C@@H](O)[C@H](OS(=O)(=O)c2ccc(C)cc2)[C@H](OC[C@@]23C[C@@H]4[C@H](C)CC[C@H]4[C@@]4(C=O)C[C@@H]2C=C(C(C)C)[C@@]34C(=O)OC(c2ccccc2)c2ccccc2)O[C@@H]1C. The minimum Gasteiger partial charge on any atom is -0.452 e. The summed E-state index contributed by atoms with van der Waals surface area (Å²) in [5, 5.41) is 11.7. The van der Waals surface area contributed by atoms with Crippen LogP contribution in [-0.2, 0) is 42.8 Å². The number of ether oxygens (including phenoxy) is 4. The minimum absolute atomic E-state index is 0.0361. The molecule has 0 radical (unpaired) electrons. The maximum atomic E-state index is 16.0. The van der Waals surface area contributed by atoms with E-state index in [2.05, 4.69) is 26.8 Å². The van der Waals surface area contributed by atoms with Gasteiger partial charge in [0.15, 0.2) is 18.5 Å². The monoisotopic (exact) mass is 812 g/mol. The van der Waals surface area contributed by atoms with Crippen molar-refractivity contribution < 1.29 is 46.2 Å². The molecule has 310 valence electrons. The van der Waals surface area contributed by atoms with Crippen molar-refractivity contribution in [3.05, 3.63) is 113 Å². The topological polar surface area (TPSA) is 135 Å². The number of hydrogen-bond acceptors (Lipinski definition) is 10. The number of allylic oxidation sites excluding steroid dienone is 1. The van der Waals surface area contributed by atoms with E-state index in [0.29, 0.717) is 18.8 Å². The molecule has 0 spiro atoms. The maximum Gasteiger partial charge on any atom is 0.318 e. The summed E-state index contributed by atoms with van der Waals surface area (Å²) < 4.78 is 59.1. The highest BCUT2D eigenvalue weighted by Gasteiger charge is 2.85. The van der Waals surface area contributed by atoms with Gasteiger partial charge in [-0.05, 0) is 86.0 Å². The summed E-state index contributed by atoms with van der Waals surface area (Å²) in [7, 11) is -2.99. The van der Waals surface area contributed by atoms with Crippen LogP contribution in [0.2, 0.25) is 0 Å². The number of aryl methyl sites for hydroxylation is 1. The summed E-state index contributed by atoms with van der Waals surface area (Å²) in [6, 6.07) is 25.6. The molecule has 1 heterocycles. The van der Waals surface area contributed by atoms with Crippen LogP contribution in [0.25, 0.3) is 0 Å². The molecule has 0 amide bonds. The zero-order valence-electron chi connectivity index (χ0n) is 34.2. The molecule has 58 heavy (non-hydrogen) atoms. The first kappa shape index (κ1) is 41.0. The summed E-state index contributed by atoms with van der Waals surface area (Å²) in [6.45, 7) is 9.88. The van der Waals surface area contributed by atoms with Crippen LogP contribution in [0.15, 0.2) is 101 Å². The molecule has 12 atom stereocenters. The zero-order chi connectivity index (χ0) is 41.2. The van der Waals surface area contributed by atoms with E-state index in [1.54, 1.807) is 19.1 Å². The Morgan fingerprint density at radius 3 is 2.16 bits per heavy atom. The molecule has 4 fully saturated rings. The van der Waals surface area contributed by atoms with Crippen LogP contribution in [0.5, 0.6) is 0 Å². The van der Waals surface area contributed by atoms with Crippen molar-refractivity contribution in [2.24, 2.45) is 45.8 Å². The second-order valence-corrected chi connectivity index (χ2v) is 19.4. The van der Waals surface area contributed by atoms with Gasteiger partial charge in [0, 0.05) is 12.5 Å². The maximum absolute atomic E-state index is 16.0. The fourth-order valence-electron chi connectivity index (χ4n) is 12.1. The summed E-state index contributed by atoms with van der Waals surface area (Å²) in [5.74, 6) is -0.366. The van der Waals surface area contributed by atoms with Gasteiger partial charge in [-0.1, -0.05) is 117 Å². The molecular weight excluding hydrogens is 757 g/mol. The number of hydrogen-bond donors (Lipinski definition) is 1. The summed E-state index contributed by atoms with van der Waals surface area (Å²) >= 11 is 0. The first-order chi connectivity index (χ1) is 27.7. The van der Waals surface area contributed by atoms with Gasteiger partial charge in [-0.3, -0.25) is 8.98 Å². The first-order valence-electron chi connectivity index (χ1n) is 20.7. The van der Waals surface area contributed by atoms with Gasteiger partial charge < -0.3 is 28.8 Å². The van der Waals surface area contributed by atoms with Gasteiger partial charge in [-0.25, -0.2) is 0 Å². The highest BCUT2D eigenvalue weighted by atomic mass is 32.2. The molecule has 4 bridgehead atoms. The first-order valence-corrected chi connectivity index (χ1v) is 22.1. The Balaban J connectivity index is 1.23. The van der Waals surface area contributed by atoms with E-state index in [1.807, 2.05) is 67.6 Å². The molecule has 10 nitrogen and oxygen atoms in total. The average molecular weight is 813 g/mol. The Morgan fingerprint density at radius 1 is 0.931 bits per heavy atom. The molecule has 0 unspecified atom stereocenters. The van der Waals surface area contributed by atoms with Crippen molar-refractivity contribution in [3.8, 4) is 0 Å². The van der Waals surface area contributed by atoms with Gasteiger partial charge in [-0.15, -0.1) is 0 Å². The van der Waals surface area contributed by atoms with E-state index in [4.69, 9.17) is 23.1 Å². The zero-order valence-corrected chi connectivity index (χ0v) is 35.0. The van der Waals surface area contributed by atoms with Crippen LogP contribution in [0.3, 0.4) is 0 Å². The molecule has 3 aromatic rings. The quantitative estimate of drug-likeness (QED) is 0.0807. The average Bonchev–Trinajstić information content (AvgIpc) is 3.79. The van der Waals surface area contributed by atoms with E-state index in [0.717, 1.165) is 41.4 Å².